The Morgan fingerprint density at radius 2 is 1.63 bits per heavy atom. The van der Waals surface area contributed by atoms with Crippen molar-refractivity contribution in [1.29, 1.82) is 0 Å². The third-order valence-corrected chi connectivity index (χ3v) is 5.94. The highest BCUT2D eigenvalue weighted by atomic mass is 16.5. The van der Waals surface area contributed by atoms with E-state index in [0.29, 0.717) is 6.42 Å². The number of rotatable bonds is 3. The number of hydrogen-bond acceptors (Lipinski definition) is 5. The van der Waals surface area contributed by atoms with Crippen LogP contribution in [0.1, 0.15) is 35.9 Å². The summed E-state index contributed by atoms with van der Waals surface area (Å²) in [6, 6.07) is 19.9. The Balaban J connectivity index is 1.57. The van der Waals surface area contributed by atoms with E-state index in [0.717, 1.165) is 45.9 Å². The second-order valence-electron chi connectivity index (χ2n) is 7.72. The van der Waals surface area contributed by atoms with Crippen molar-refractivity contribution in [3.05, 3.63) is 95.5 Å². The molecule has 3 aromatic rings. The van der Waals surface area contributed by atoms with Gasteiger partial charge in [0, 0.05) is 30.1 Å². The molecule has 1 aliphatic heterocycles. The van der Waals surface area contributed by atoms with Crippen LogP contribution in [-0.4, -0.2) is 17.9 Å². The van der Waals surface area contributed by atoms with Crippen LogP contribution in [0.2, 0.25) is 0 Å². The maximum Gasteiger partial charge on any atom is 0.163 e. The highest BCUT2D eigenvalue weighted by molar-refractivity contribution is 6.01. The van der Waals surface area contributed by atoms with Crippen molar-refractivity contribution in [1.82, 2.24) is 4.98 Å². The molecule has 0 amide bonds. The van der Waals surface area contributed by atoms with Gasteiger partial charge in [-0.2, -0.15) is 0 Å². The summed E-state index contributed by atoms with van der Waals surface area (Å²) in [5.41, 5.74) is 5.98. The van der Waals surface area contributed by atoms with Crippen LogP contribution >= 0.6 is 0 Å². The fourth-order valence-electron chi connectivity index (χ4n) is 4.41. The van der Waals surface area contributed by atoms with Crippen molar-refractivity contribution < 1.29 is 9.53 Å². The SMILES string of the molecule is COc1ccc([C@H]2CC(=O)C3=C(C2)Nc2ccccc2N[C@H]3c2ccncc2)cc1. The minimum Gasteiger partial charge on any atom is -0.497 e. The number of benzene rings is 2. The van der Waals surface area contributed by atoms with Crippen LogP contribution in [0, 0.1) is 0 Å². The first-order valence-corrected chi connectivity index (χ1v) is 10.2. The van der Waals surface area contributed by atoms with Crippen molar-refractivity contribution >= 4 is 17.2 Å². The maximum atomic E-state index is 13.4. The molecule has 0 bridgehead atoms. The van der Waals surface area contributed by atoms with E-state index in [1.165, 1.54) is 0 Å². The number of nitrogens with zero attached hydrogens (tertiary/aromatic N) is 1. The smallest absolute Gasteiger partial charge is 0.163 e. The molecule has 1 aliphatic carbocycles. The Morgan fingerprint density at radius 3 is 2.37 bits per heavy atom. The molecule has 0 unspecified atom stereocenters. The number of para-hydroxylation sites is 2. The van der Waals surface area contributed by atoms with Crippen LogP contribution in [0.25, 0.3) is 0 Å². The van der Waals surface area contributed by atoms with E-state index in [1.54, 1.807) is 19.5 Å². The molecule has 0 spiro atoms. The summed E-state index contributed by atoms with van der Waals surface area (Å²) in [6.45, 7) is 0. The Bertz CT molecular complexity index is 1110. The topological polar surface area (TPSA) is 63.2 Å². The second-order valence-corrected chi connectivity index (χ2v) is 7.72. The lowest BCUT2D eigenvalue weighted by atomic mass is 9.78. The van der Waals surface area contributed by atoms with Crippen molar-refractivity contribution in [3.63, 3.8) is 0 Å². The number of nitrogens with one attached hydrogen (secondary N) is 2. The Labute approximate surface area is 175 Å². The molecule has 0 saturated heterocycles. The van der Waals surface area contributed by atoms with E-state index < -0.39 is 0 Å². The van der Waals surface area contributed by atoms with Gasteiger partial charge in [-0.3, -0.25) is 9.78 Å². The van der Waals surface area contributed by atoms with E-state index >= 15 is 0 Å². The number of aromatic nitrogens is 1. The van der Waals surface area contributed by atoms with Crippen LogP contribution in [0.5, 0.6) is 5.75 Å². The van der Waals surface area contributed by atoms with Gasteiger partial charge >= 0.3 is 0 Å². The molecule has 2 atom stereocenters. The first-order valence-electron chi connectivity index (χ1n) is 10.2. The number of allylic oxidation sites excluding steroid dienone is 1. The van der Waals surface area contributed by atoms with E-state index in [-0.39, 0.29) is 17.7 Å². The standard InChI is InChI=1S/C25H23N3O2/c1-30-19-8-6-16(7-9-19)18-14-22-24(23(29)15-18)25(17-10-12-26-13-11-17)28-21-5-3-2-4-20(21)27-22/h2-13,18,25,27-28H,14-15H2,1H3/t18-,25+/m1/s1. The van der Waals surface area contributed by atoms with Gasteiger partial charge < -0.3 is 15.4 Å². The molecule has 2 aliphatic rings. The Kier molecular flexibility index (Phi) is 4.71. The number of pyridine rings is 1. The maximum absolute atomic E-state index is 13.4. The Morgan fingerprint density at radius 1 is 0.900 bits per heavy atom. The number of hydrogen-bond donors (Lipinski definition) is 2. The van der Waals surface area contributed by atoms with Gasteiger partial charge in [-0.25, -0.2) is 0 Å². The second kappa shape index (κ2) is 7.67. The fraction of sp³-hybridized carbons (Fsp3) is 0.200. The molecule has 0 radical (unpaired) electrons. The molecular weight excluding hydrogens is 374 g/mol. The summed E-state index contributed by atoms with van der Waals surface area (Å²) in [7, 11) is 1.66. The summed E-state index contributed by atoms with van der Waals surface area (Å²) < 4.78 is 5.28. The number of ether oxygens (including phenoxy) is 1. The lowest BCUT2D eigenvalue weighted by Crippen LogP contribution is -2.26. The van der Waals surface area contributed by atoms with E-state index in [9.17, 15) is 4.79 Å². The van der Waals surface area contributed by atoms with Gasteiger partial charge in [-0.05, 0) is 59.9 Å². The van der Waals surface area contributed by atoms with Crippen LogP contribution in [0.3, 0.4) is 0 Å². The Hall–Kier alpha value is -3.60. The first kappa shape index (κ1) is 18.4. The van der Waals surface area contributed by atoms with Crippen LogP contribution in [-0.2, 0) is 4.79 Å². The molecule has 5 nitrogen and oxygen atoms in total. The molecule has 0 fully saturated rings. The summed E-state index contributed by atoms with van der Waals surface area (Å²) in [6.07, 6.45) is 4.82. The zero-order chi connectivity index (χ0) is 20.5. The summed E-state index contributed by atoms with van der Waals surface area (Å²) in [5.74, 6) is 1.13. The third kappa shape index (κ3) is 3.32. The summed E-state index contributed by atoms with van der Waals surface area (Å²) in [4.78, 5) is 17.6. The highest BCUT2D eigenvalue weighted by Gasteiger charge is 2.35. The molecule has 150 valence electrons. The molecular formula is C25H23N3O2. The van der Waals surface area contributed by atoms with Gasteiger partial charge in [0.25, 0.3) is 0 Å². The fourth-order valence-corrected chi connectivity index (χ4v) is 4.41. The molecule has 5 rings (SSSR count). The van der Waals surface area contributed by atoms with Gasteiger partial charge in [0.05, 0.1) is 24.5 Å². The highest BCUT2D eigenvalue weighted by Crippen LogP contribution is 2.44. The van der Waals surface area contributed by atoms with Gasteiger partial charge in [-0.1, -0.05) is 24.3 Å². The van der Waals surface area contributed by atoms with Gasteiger partial charge in [0.2, 0.25) is 0 Å². The zero-order valence-corrected chi connectivity index (χ0v) is 16.8. The summed E-state index contributed by atoms with van der Waals surface area (Å²) in [5, 5.41) is 7.16. The zero-order valence-electron chi connectivity index (χ0n) is 16.8. The molecule has 5 heteroatoms. The normalized spacial score (nSPS) is 20.4. The molecule has 2 aromatic carbocycles. The van der Waals surface area contributed by atoms with E-state index in [2.05, 4.69) is 27.8 Å². The van der Waals surface area contributed by atoms with Crippen molar-refractivity contribution in [2.24, 2.45) is 0 Å². The summed E-state index contributed by atoms with van der Waals surface area (Å²) >= 11 is 0. The van der Waals surface area contributed by atoms with Gasteiger partial charge in [0.1, 0.15) is 5.75 Å². The monoisotopic (exact) mass is 397 g/mol. The predicted molar refractivity (Wildman–Crippen MR) is 118 cm³/mol. The largest absolute Gasteiger partial charge is 0.497 e. The average molecular weight is 397 g/mol. The van der Waals surface area contributed by atoms with Crippen LogP contribution < -0.4 is 15.4 Å². The van der Waals surface area contributed by atoms with Crippen LogP contribution in [0.4, 0.5) is 11.4 Å². The number of Topliss-reactive ketones (excluding diaryl/α,β-unsaturated/α-hetero) is 1. The minimum atomic E-state index is -0.205. The molecule has 1 aromatic heterocycles. The quantitative estimate of drug-likeness (QED) is 0.646. The van der Waals surface area contributed by atoms with E-state index in [1.807, 2.05) is 48.5 Å². The van der Waals surface area contributed by atoms with Crippen molar-refractivity contribution in [3.8, 4) is 5.75 Å². The number of ketones is 1. The first-order chi connectivity index (χ1) is 14.7. The predicted octanol–water partition coefficient (Wildman–Crippen LogP) is 5.07. The number of methoxy groups -OCH3 is 1. The van der Waals surface area contributed by atoms with E-state index in [4.69, 9.17) is 4.74 Å². The lowest BCUT2D eigenvalue weighted by molar-refractivity contribution is -0.116. The molecule has 2 N–H and O–H groups in total. The average Bonchev–Trinajstić information content (AvgIpc) is 2.96. The number of carbonyl (C=O) groups is 1. The number of carbonyl (C=O) groups excluding carboxylic acids is 1. The molecule has 30 heavy (non-hydrogen) atoms. The molecule has 2 heterocycles. The molecule has 0 saturated carbocycles. The third-order valence-electron chi connectivity index (χ3n) is 5.94. The van der Waals surface area contributed by atoms with Crippen LogP contribution in [0.15, 0.2) is 84.3 Å². The lowest BCUT2D eigenvalue weighted by Gasteiger charge is -2.30. The van der Waals surface area contributed by atoms with Crippen molar-refractivity contribution in [2.45, 2.75) is 24.8 Å². The number of anilines is 2. The van der Waals surface area contributed by atoms with Gasteiger partial charge in [0.15, 0.2) is 5.78 Å². The van der Waals surface area contributed by atoms with Gasteiger partial charge in [-0.15, -0.1) is 0 Å². The number of fused-ring (bicyclic) bond motifs is 1. The van der Waals surface area contributed by atoms with Crippen molar-refractivity contribution in [2.75, 3.05) is 17.7 Å². The minimum absolute atomic E-state index is 0.137.